The molecule has 0 radical (unpaired) electrons. The molecule has 37 heavy (non-hydrogen) atoms. The fourth-order valence-corrected chi connectivity index (χ4v) is 3.58. The van der Waals surface area contributed by atoms with Crippen molar-refractivity contribution in [2.45, 2.75) is 43.5 Å². The van der Waals surface area contributed by atoms with Gasteiger partial charge >= 0.3 is 28.5 Å². The quantitative estimate of drug-likeness (QED) is 0.117. The molecule has 2 rings (SSSR count). The number of halogens is 8. The molecule has 0 aliphatic carbocycles. The first-order valence-corrected chi connectivity index (χ1v) is 11.7. The van der Waals surface area contributed by atoms with E-state index in [1.807, 2.05) is 0 Å². The molecule has 1 aromatic rings. The Labute approximate surface area is 201 Å². The lowest BCUT2D eigenvalue weighted by atomic mass is 9.98. The molecule has 0 saturated heterocycles. The number of benzene rings is 1. The second kappa shape index (κ2) is 9.42. The third-order valence-electron chi connectivity index (χ3n) is 4.44. The summed E-state index contributed by atoms with van der Waals surface area (Å²) >= 11 is 0. The van der Waals surface area contributed by atoms with E-state index in [1.54, 1.807) is 0 Å². The second-order valence-corrected chi connectivity index (χ2v) is 9.76. The Hall–Kier alpha value is -3.51. The number of carbonyl (C=O) groups excluding carboxylic acids is 2. The zero-order chi connectivity index (χ0) is 28.5. The largest absolute Gasteiger partial charge is 0.511 e. The molecule has 210 valence electrons. The summed E-state index contributed by atoms with van der Waals surface area (Å²) in [6.45, 7) is 0.253. The van der Waals surface area contributed by atoms with E-state index in [4.69, 9.17) is 4.74 Å². The Morgan fingerprint density at radius 1 is 1.16 bits per heavy atom. The molecule has 10 nitrogen and oxygen atoms in total. The highest BCUT2D eigenvalue weighted by molar-refractivity contribution is 8.45. The Morgan fingerprint density at radius 2 is 1.78 bits per heavy atom. The smallest absolute Gasteiger partial charge is 0.475 e. The zero-order valence-electron chi connectivity index (χ0n) is 18.6. The number of hydrogen-bond donors (Lipinski definition) is 0. The third kappa shape index (κ3) is 7.99. The summed E-state index contributed by atoms with van der Waals surface area (Å²) in [5.41, 5.74) is -2.94. The maximum absolute atomic E-state index is 13.6. The highest BCUT2D eigenvalue weighted by Gasteiger charge is 2.66. The SMILES string of the molecule is CCc1cc(S(F)(F)(F)(F)F)cc2c1O[C@H](C(F)(F)F)C(C(=O)OCOC(=O)OC(C)CO[N+](=O)[O-])=C2. The van der Waals surface area contributed by atoms with Crippen molar-refractivity contribution in [3.63, 3.8) is 0 Å². The maximum Gasteiger partial charge on any atom is 0.511 e. The van der Waals surface area contributed by atoms with Crippen LogP contribution in [-0.2, 0) is 30.3 Å². The van der Waals surface area contributed by atoms with Crippen molar-refractivity contribution in [3.05, 3.63) is 38.9 Å². The van der Waals surface area contributed by atoms with Gasteiger partial charge in [-0.2, -0.15) is 13.2 Å². The van der Waals surface area contributed by atoms with Crippen molar-refractivity contribution in [1.82, 2.24) is 0 Å². The standard InChI is InChI=1S/C18H17F8NO9S/c1-3-10-4-12(37(22,23,24,25)26)5-11-6-13(15(18(19,20)21)36-14(10)11)16(28)32-8-33-17(29)35-9(2)7-34-27(30)31/h4-6,9,15H,3,7-8H2,1-2H3/t9?,15-/m0/s1. The molecule has 1 unspecified atom stereocenters. The molecule has 0 aromatic heterocycles. The second-order valence-electron chi connectivity index (χ2n) is 7.35. The van der Waals surface area contributed by atoms with E-state index in [2.05, 4.69) is 19.0 Å². The first-order valence-electron chi connectivity index (χ1n) is 9.76. The van der Waals surface area contributed by atoms with Crippen LogP contribution >= 0.6 is 10.2 Å². The molecule has 2 atom stereocenters. The van der Waals surface area contributed by atoms with E-state index in [-0.39, 0.29) is 18.2 Å². The van der Waals surface area contributed by atoms with Gasteiger partial charge in [-0.15, -0.1) is 10.1 Å². The fourth-order valence-electron chi connectivity index (χ4n) is 2.87. The molecular weight excluding hydrogens is 558 g/mol. The van der Waals surface area contributed by atoms with E-state index in [1.165, 1.54) is 6.92 Å². The van der Waals surface area contributed by atoms with Crippen LogP contribution in [0.5, 0.6) is 5.75 Å². The highest BCUT2D eigenvalue weighted by atomic mass is 32.5. The summed E-state index contributed by atoms with van der Waals surface area (Å²) < 4.78 is 125. The van der Waals surface area contributed by atoms with Crippen molar-refractivity contribution < 1.29 is 71.1 Å². The number of ether oxygens (including phenoxy) is 4. The summed E-state index contributed by atoms with van der Waals surface area (Å²) in [6.07, 6.45) is -11.4. The minimum atomic E-state index is -10.3. The van der Waals surface area contributed by atoms with Crippen molar-refractivity contribution in [1.29, 1.82) is 0 Å². The van der Waals surface area contributed by atoms with Gasteiger partial charge in [0.2, 0.25) is 12.9 Å². The van der Waals surface area contributed by atoms with Gasteiger partial charge in [0, 0.05) is 5.56 Å². The molecule has 1 aliphatic rings. The van der Waals surface area contributed by atoms with Crippen molar-refractivity contribution in [3.8, 4) is 5.75 Å². The van der Waals surface area contributed by atoms with Gasteiger partial charge in [0.05, 0.1) is 5.57 Å². The van der Waals surface area contributed by atoms with Gasteiger partial charge in [-0.3, -0.25) is 0 Å². The molecule has 1 heterocycles. The van der Waals surface area contributed by atoms with Crippen LogP contribution in [-0.4, -0.2) is 49.0 Å². The van der Waals surface area contributed by atoms with Gasteiger partial charge in [0.1, 0.15) is 23.4 Å². The lowest BCUT2D eigenvalue weighted by Gasteiger charge is -2.41. The monoisotopic (exact) mass is 575 g/mol. The molecule has 0 amide bonds. The lowest BCUT2D eigenvalue weighted by Crippen LogP contribution is -2.41. The first kappa shape index (κ1) is 29.7. The predicted molar refractivity (Wildman–Crippen MR) is 107 cm³/mol. The van der Waals surface area contributed by atoms with Crippen LogP contribution in [0.1, 0.15) is 25.0 Å². The van der Waals surface area contributed by atoms with E-state index in [9.17, 15) is 52.3 Å². The number of carbonyl (C=O) groups is 2. The zero-order valence-corrected chi connectivity index (χ0v) is 19.4. The molecule has 0 fully saturated rings. The Kier molecular flexibility index (Phi) is 7.56. The van der Waals surface area contributed by atoms with Crippen molar-refractivity contribution in [2.24, 2.45) is 0 Å². The van der Waals surface area contributed by atoms with Crippen LogP contribution in [0.25, 0.3) is 6.08 Å². The van der Waals surface area contributed by atoms with Gasteiger partial charge in [-0.25, -0.2) is 9.59 Å². The first-order chi connectivity index (χ1) is 16.6. The number of fused-ring (bicyclic) bond motifs is 1. The Morgan fingerprint density at radius 3 is 2.30 bits per heavy atom. The molecule has 1 aliphatic heterocycles. The lowest BCUT2D eigenvalue weighted by molar-refractivity contribution is -0.759. The van der Waals surface area contributed by atoms with Crippen molar-refractivity contribution in [2.75, 3.05) is 13.4 Å². The van der Waals surface area contributed by atoms with E-state index >= 15 is 0 Å². The summed E-state index contributed by atoms with van der Waals surface area (Å²) in [5.74, 6) is -2.67. The minimum Gasteiger partial charge on any atom is -0.475 e. The number of rotatable bonds is 9. The van der Waals surface area contributed by atoms with E-state index in [0.29, 0.717) is 0 Å². The highest BCUT2D eigenvalue weighted by Crippen LogP contribution is 3.02. The Bertz CT molecular complexity index is 1120. The van der Waals surface area contributed by atoms with E-state index < -0.39 is 93.0 Å². The van der Waals surface area contributed by atoms with Crippen molar-refractivity contribution >= 4 is 28.4 Å². The van der Waals surface area contributed by atoms with Crippen LogP contribution in [0.15, 0.2) is 22.6 Å². The summed E-state index contributed by atoms with van der Waals surface area (Å²) in [6, 6.07) is -0.180. The van der Waals surface area contributed by atoms with Gasteiger partial charge < -0.3 is 23.8 Å². The minimum absolute atomic E-state index is 0.0257. The summed E-state index contributed by atoms with van der Waals surface area (Å²) in [5, 5.41) is 8.87. The molecule has 19 heteroatoms. The molecule has 1 aromatic carbocycles. The molecule has 0 saturated carbocycles. The van der Waals surface area contributed by atoms with Crippen LogP contribution in [0.4, 0.5) is 37.4 Å². The number of esters is 1. The fraction of sp³-hybridized carbons (Fsp3) is 0.444. The van der Waals surface area contributed by atoms with Crippen LogP contribution in [0, 0.1) is 10.1 Å². The van der Waals surface area contributed by atoms with Gasteiger partial charge in [-0.05, 0) is 37.1 Å². The third-order valence-corrected chi connectivity index (χ3v) is 5.56. The molecule has 0 N–H and O–H groups in total. The molecule has 0 spiro atoms. The van der Waals surface area contributed by atoms with Crippen LogP contribution < -0.4 is 4.74 Å². The normalized spacial score (nSPS) is 18.1. The van der Waals surface area contributed by atoms with Gasteiger partial charge in [0.25, 0.3) is 5.09 Å². The summed E-state index contributed by atoms with van der Waals surface area (Å²) in [7, 11) is -10.3. The van der Waals surface area contributed by atoms with Gasteiger partial charge in [0.15, 0.2) is 0 Å². The van der Waals surface area contributed by atoms with E-state index in [0.717, 1.165) is 6.92 Å². The predicted octanol–water partition coefficient (Wildman–Crippen LogP) is 5.86. The molecular formula is C18H17F8NO9S. The average Bonchev–Trinajstić information content (AvgIpc) is 2.73. The number of alkyl halides is 3. The topological polar surface area (TPSA) is 123 Å². The van der Waals surface area contributed by atoms with Crippen LogP contribution in [0.3, 0.4) is 0 Å². The number of nitrogens with zero attached hydrogens (tertiary/aromatic N) is 1. The maximum atomic E-state index is 13.6. The number of aryl methyl sites for hydroxylation is 1. The summed E-state index contributed by atoms with van der Waals surface area (Å²) in [4.78, 5) is 35.3. The Balaban J connectivity index is 2.29. The average molecular weight is 575 g/mol. The van der Waals surface area contributed by atoms with Crippen LogP contribution in [0.2, 0.25) is 0 Å². The number of hydrogen-bond acceptors (Lipinski definition) is 9. The van der Waals surface area contributed by atoms with Gasteiger partial charge in [-0.1, -0.05) is 26.4 Å². The molecule has 0 bridgehead atoms.